The maximum absolute atomic E-state index is 13.0. The van der Waals surface area contributed by atoms with Gasteiger partial charge in [-0.2, -0.15) is 0 Å². The van der Waals surface area contributed by atoms with Gasteiger partial charge in [0.25, 0.3) is 0 Å². The number of aliphatic carboxylic acids is 1. The molecule has 0 bridgehead atoms. The van der Waals surface area contributed by atoms with Crippen molar-refractivity contribution < 1.29 is 29.1 Å². The quantitative estimate of drug-likeness (QED) is 0.163. The number of nitrogens with two attached hydrogens (primary N) is 2. The molecule has 1 rings (SSSR count). The van der Waals surface area contributed by atoms with Crippen molar-refractivity contribution in [3.63, 3.8) is 0 Å². The number of aromatic amines is 1. The molecule has 0 aliphatic rings. The Kier molecular flexibility index (Phi) is 11.2. The minimum absolute atomic E-state index is 0.0128. The van der Waals surface area contributed by atoms with E-state index in [4.69, 9.17) is 11.5 Å². The predicted octanol–water partition coefficient (Wildman–Crippen LogP) is -1.60. The standard InChI is InChI=1S/C21H35N7O6/c1-10(2)16(27-18(30)13(22)5-6-15(23)29)20(32)26-14(7-12-8-24-9-25-12)19(31)28-17(11(3)4)21(33)34/h8-11,13-14,16-17H,5-7,22H2,1-4H3,(H2,23,29)(H,24,25)(H,26,32)(H,27,30)(H,28,31)(H,33,34). The lowest BCUT2D eigenvalue weighted by molar-refractivity contribution is -0.143. The lowest BCUT2D eigenvalue weighted by Crippen LogP contribution is -2.59. The van der Waals surface area contributed by atoms with Crippen molar-refractivity contribution >= 4 is 29.6 Å². The van der Waals surface area contributed by atoms with Crippen LogP contribution in [0.25, 0.3) is 0 Å². The number of hydrogen-bond acceptors (Lipinski definition) is 7. The number of hydrogen-bond donors (Lipinski definition) is 7. The van der Waals surface area contributed by atoms with Gasteiger partial charge in [-0.15, -0.1) is 0 Å². The summed E-state index contributed by atoms with van der Waals surface area (Å²) in [5, 5.41) is 17.0. The van der Waals surface area contributed by atoms with E-state index in [1.54, 1.807) is 27.7 Å². The second kappa shape index (κ2) is 13.3. The molecule has 1 heterocycles. The Morgan fingerprint density at radius 2 is 1.56 bits per heavy atom. The van der Waals surface area contributed by atoms with E-state index in [-0.39, 0.29) is 25.2 Å². The minimum atomic E-state index is -1.20. The molecule has 1 aromatic rings. The van der Waals surface area contributed by atoms with Crippen LogP contribution < -0.4 is 27.4 Å². The molecule has 13 nitrogen and oxygen atoms in total. The Bertz CT molecular complexity index is 856. The number of carbonyl (C=O) groups is 5. The molecule has 0 spiro atoms. The predicted molar refractivity (Wildman–Crippen MR) is 122 cm³/mol. The highest BCUT2D eigenvalue weighted by atomic mass is 16.4. The second-order valence-corrected chi connectivity index (χ2v) is 8.75. The summed E-state index contributed by atoms with van der Waals surface area (Å²) in [6.45, 7) is 6.69. The maximum Gasteiger partial charge on any atom is 0.326 e. The summed E-state index contributed by atoms with van der Waals surface area (Å²) in [4.78, 5) is 67.5. The van der Waals surface area contributed by atoms with Crippen LogP contribution in [-0.4, -0.2) is 68.8 Å². The fourth-order valence-corrected chi connectivity index (χ4v) is 3.08. The number of aromatic nitrogens is 2. The van der Waals surface area contributed by atoms with Gasteiger partial charge in [-0.1, -0.05) is 27.7 Å². The van der Waals surface area contributed by atoms with Gasteiger partial charge in [0.05, 0.1) is 12.4 Å². The van der Waals surface area contributed by atoms with Crippen LogP contribution in [0.3, 0.4) is 0 Å². The largest absolute Gasteiger partial charge is 0.480 e. The molecule has 0 saturated heterocycles. The van der Waals surface area contributed by atoms with Crippen LogP contribution in [0.4, 0.5) is 0 Å². The first-order chi connectivity index (χ1) is 15.8. The number of nitrogens with zero attached hydrogens (tertiary/aromatic N) is 1. The number of primary amides is 1. The van der Waals surface area contributed by atoms with Crippen LogP contribution in [0.15, 0.2) is 12.5 Å². The molecule has 0 saturated carbocycles. The van der Waals surface area contributed by atoms with Crippen molar-refractivity contribution in [2.24, 2.45) is 23.3 Å². The number of nitrogens with one attached hydrogen (secondary N) is 4. The van der Waals surface area contributed by atoms with Crippen molar-refractivity contribution in [2.75, 3.05) is 0 Å². The third kappa shape index (κ3) is 9.17. The number of H-pyrrole nitrogens is 1. The topological polar surface area (TPSA) is 222 Å². The van der Waals surface area contributed by atoms with Crippen LogP contribution in [0.5, 0.6) is 0 Å². The maximum atomic E-state index is 13.0. The third-order valence-electron chi connectivity index (χ3n) is 5.13. The average Bonchev–Trinajstić information content (AvgIpc) is 3.25. The summed E-state index contributed by atoms with van der Waals surface area (Å²) in [5.41, 5.74) is 11.4. The van der Waals surface area contributed by atoms with Gasteiger partial charge in [0.15, 0.2) is 0 Å². The fourth-order valence-electron chi connectivity index (χ4n) is 3.08. The molecular formula is C21H35N7O6. The Balaban J connectivity index is 3.00. The molecule has 4 unspecified atom stereocenters. The zero-order valence-corrected chi connectivity index (χ0v) is 19.8. The first kappa shape index (κ1) is 28.6. The van der Waals surface area contributed by atoms with E-state index in [9.17, 15) is 29.1 Å². The lowest BCUT2D eigenvalue weighted by atomic mass is 10.0. The smallest absolute Gasteiger partial charge is 0.326 e. The van der Waals surface area contributed by atoms with Crippen LogP contribution in [-0.2, 0) is 30.4 Å². The van der Waals surface area contributed by atoms with E-state index >= 15 is 0 Å². The van der Waals surface area contributed by atoms with Gasteiger partial charge in [0, 0.05) is 24.7 Å². The third-order valence-corrected chi connectivity index (χ3v) is 5.13. The van der Waals surface area contributed by atoms with E-state index in [0.717, 1.165) is 0 Å². The number of carboxylic acids is 1. The van der Waals surface area contributed by atoms with Gasteiger partial charge in [-0.25, -0.2) is 9.78 Å². The Labute approximate surface area is 197 Å². The summed E-state index contributed by atoms with van der Waals surface area (Å²) >= 11 is 0. The zero-order chi connectivity index (χ0) is 26.0. The van der Waals surface area contributed by atoms with Crippen molar-refractivity contribution in [3.05, 3.63) is 18.2 Å². The normalized spacial score (nSPS) is 14.7. The number of carbonyl (C=O) groups excluding carboxylic acids is 4. The average molecular weight is 482 g/mol. The molecule has 190 valence electrons. The Morgan fingerprint density at radius 1 is 0.971 bits per heavy atom. The molecule has 1 aromatic heterocycles. The number of rotatable bonds is 14. The molecule has 0 fully saturated rings. The Morgan fingerprint density at radius 3 is 2.03 bits per heavy atom. The molecule has 13 heteroatoms. The minimum Gasteiger partial charge on any atom is -0.480 e. The monoisotopic (exact) mass is 481 g/mol. The molecule has 4 atom stereocenters. The van der Waals surface area contributed by atoms with Gasteiger partial charge in [-0.05, 0) is 18.3 Å². The van der Waals surface area contributed by atoms with Crippen molar-refractivity contribution in [2.45, 2.75) is 71.1 Å². The van der Waals surface area contributed by atoms with Crippen LogP contribution in [0, 0.1) is 11.8 Å². The lowest BCUT2D eigenvalue weighted by Gasteiger charge is -2.27. The molecule has 0 radical (unpaired) electrons. The molecular weight excluding hydrogens is 446 g/mol. The first-order valence-corrected chi connectivity index (χ1v) is 11.0. The molecule has 9 N–H and O–H groups in total. The summed E-state index contributed by atoms with van der Waals surface area (Å²) in [6.07, 6.45) is 2.83. The summed E-state index contributed by atoms with van der Waals surface area (Å²) in [7, 11) is 0. The van der Waals surface area contributed by atoms with E-state index < -0.39 is 59.7 Å². The summed E-state index contributed by atoms with van der Waals surface area (Å²) in [5.74, 6) is -4.56. The van der Waals surface area contributed by atoms with Crippen molar-refractivity contribution in [1.29, 1.82) is 0 Å². The van der Waals surface area contributed by atoms with Crippen LogP contribution in [0.2, 0.25) is 0 Å². The van der Waals surface area contributed by atoms with Crippen LogP contribution >= 0.6 is 0 Å². The summed E-state index contributed by atoms with van der Waals surface area (Å²) in [6, 6.07) is -4.38. The highest BCUT2D eigenvalue weighted by Crippen LogP contribution is 2.08. The highest BCUT2D eigenvalue weighted by Gasteiger charge is 2.32. The second-order valence-electron chi connectivity index (χ2n) is 8.75. The molecule has 0 aromatic carbocycles. The van der Waals surface area contributed by atoms with Gasteiger partial charge < -0.3 is 37.5 Å². The highest BCUT2D eigenvalue weighted by molar-refractivity contribution is 5.94. The van der Waals surface area contributed by atoms with E-state index in [1.807, 2.05) is 0 Å². The van der Waals surface area contributed by atoms with Gasteiger partial charge in [-0.3, -0.25) is 19.2 Å². The molecule has 4 amide bonds. The van der Waals surface area contributed by atoms with E-state index in [2.05, 4.69) is 25.9 Å². The van der Waals surface area contributed by atoms with Gasteiger partial charge in [0.1, 0.15) is 18.1 Å². The van der Waals surface area contributed by atoms with E-state index in [0.29, 0.717) is 5.69 Å². The fraction of sp³-hybridized carbons (Fsp3) is 0.619. The zero-order valence-electron chi connectivity index (χ0n) is 19.8. The number of imidazole rings is 1. The van der Waals surface area contributed by atoms with Crippen LogP contribution in [0.1, 0.15) is 46.2 Å². The first-order valence-electron chi connectivity index (χ1n) is 11.0. The molecule has 34 heavy (non-hydrogen) atoms. The summed E-state index contributed by atoms with van der Waals surface area (Å²) < 4.78 is 0. The van der Waals surface area contributed by atoms with E-state index in [1.165, 1.54) is 12.5 Å². The number of amides is 4. The van der Waals surface area contributed by atoms with Crippen molar-refractivity contribution in [3.8, 4) is 0 Å². The molecule has 0 aliphatic heterocycles. The number of carboxylic acid groups (broad SMARTS) is 1. The van der Waals surface area contributed by atoms with Crippen molar-refractivity contribution in [1.82, 2.24) is 25.9 Å². The molecule has 0 aliphatic carbocycles. The van der Waals surface area contributed by atoms with Gasteiger partial charge >= 0.3 is 5.97 Å². The SMILES string of the molecule is CC(C)C(NC(=O)C(Cc1cnc[nH]1)NC(=O)C(NC(=O)C(N)CCC(N)=O)C(C)C)C(=O)O. The Hall–Kier alpha value is -3.48. The van der Waals surface area contributed by atoms with Gasteiger partial charge in [0.2, 0.25) is 23.6 Å².